The van der Waals surface area contributed by atoms with Crippen LogP contribution in [0.15, 0.2) is 23.3 Å². The van der Waals surface area contributed by atoms with Crippen molar-refractivity contribution >= 4 is 18.4 Å². The molecular weight excluding hydrogens is 300 g/mol. The minimum absolute atomic E-state index is 0.113. The molecule has 0 saturated heterocycles. The third kappa shape index (κ3) is 3.94. The van der Waals surface area contributed by atoms with Crippen molar-refractivity contribution in [1.82, 2.24) is 14.9 Å². The quantitative estimate of drug-likeness (QED) is 0.606. The predicted octanol–water partition coefficient (Wildman–Crippen LogP) is 3.27. The molecule has 0 unspecified atom stereocenters. The Kier molecular flexibility index (Phi) is 5.71. The van der Waals surface area contributed by atoms with Crippen molar-refractivity contribution in [1.29, 1.82) is 0 Å². The molecule has 6 nitrogen and oxygen atoms in total. The van der Waals surface area contributed by atoms with Gasteiger partial charge in [-0.3, -0.25) is 5.10 Å². The number of rotatable bonds is 7. The molecule has 7 heteroatoms. The van der Waals surface area contributed by atoms with Crippen LogP contribution >= 0.6 is 12.2 Å². The minimum atomic E-state index is 0.113. The molecule has 0 spiro atoms. The maximum Gasteiger partial charge on any atom is 0.216 e. The molecule has 2 rings (SSSR count). The highest BCUT2D eigenvalue weighted by molar-refractivity contribution is 7.71. The zero-order chi connectivity index (χ0) is 15.9. The van der Waals surface area contributed by atoms with Crippen LogP contribution in [0.5, 0.6) is 11.5 Å². The van der Waals surface area contributed by atoms with Gasteiger partial charge >= 0.3 is 0 Å². The standard InChI is InChI=1S/C15H20N4O2S/c1-3-5-6-14-17-18-15(22)19(14)16-10-11-7-8-12(20)13(9-11)21-4-2/h7-10,20H,3-6H2,1-2H3,(H,18,22)/b16-10-. The van der Waals surface area contributed by atoms with Crippen molar-refractivity contribution in [3.8, 4) is 11.5 Å². The molecule has 22 heavy (non-hydrogen) atoms. The molecule has 118 valence electrons. The lowest BCUT2D eigenvalue weighted by molar-refractivity contribution is 0.318. The SMILES string of the molecule is CCCCc1n[nH]c(=S)n1/N=C\c1ccc(O)c(OCC)c1. The molecule has 1 aromatic carbocycles. The van der Waals surface area contributed by atoms with E-state index < -0.39 is 0 Å². The van der Waals surface area contributed by atoms with E-state index in [9.17, 15) is 5.11 Å². The van der Waals surface area contributed by atoms with Gasteiger partial charge in [-0.2, -0.15) is 14.9 Å². The number of aromatic hydroxyl groups is 1. The van der Waals surface area contributed by atoms with Crippen molar-refractivity contribution < 1.29 is 9.84 Å². The van der Waals surface area contributed by atoms with Gasteiger partial charge in [0.2, 0.25) is 4.77 Å². The second kappa shape index (κ2) is 7.74. The van der Waals surface area contributed by atoms with Crippen molar-refractivity contribution in [2.45, 2.75) is 33.1 Å². The molecule has 2 N–H and O–H groups in total. The van der Waals surface area contributed by atoms with Crippen LogP contribution in [-0.2, 0) is 6.42 Å². The second-order valence-corrected chi connectivity index (χ2v) is 5.15. The molecule has 0 radical (unpaired) electrons. The van der Waals surface area contributed by atoms with E-state index >= 15 is 0 Å². The fraction of sp³-hybridized carbons (Fsp3) is 0.400. The smallest absolute Gasteiger partial charge is 0.216 e. The van der Waals surface area contributed by atoms with Gasteiger partial charge in [-0.25, -0.2) is 0 Å². The Morgan fingerprint density at radius 3 is 3.00 bits per heavy atom. The molecule has 1 heterocycles. The molecule has 0 aliphatic heterocycles. The first-order chi connectivity index (χ1) is 10.7. The number of hydrogen-bond acceptors (Lipinski definition) is 5. The highest BCUT2D eigenvalue weighted by Crippen LogP contribution is 2.26. The zero-order valence-electron chi connectivity index (χ0n) is 12.7. The number of aromatic nitrogens is 3. The number of nitrogens with one attached hydrogen (secondary N) is 1. The van der Waals surface area contributed by atoms with Crippen molar-refractivity contribution in [2.75, 3.05) is 6.61 Å². The highest BCUT2D eigenvalue weighted by atomic mass is 32.1. The summed E-state index contributed by atoms with van der Waals surface area (Å²) in [6, 6.07) is 5.08. The third-order valence-corrected chi connectivity index (χ3v) is 3.34. The van der Waals surface area contributed by atoms with E-state index in [0.29, 0.717) is 17.1 Å². The number of hydrogen-bond donors (Lipinski definition) is 2. The number of benzene rings is 1. The lowest BCUT2D eigenvalue weighted by Crippen LogP contribution is -1.99. The lowest BCUT2D eigenvalue weighted by Gasteiger charge is -2.06. The summed E-state index contributed by atoms with van der Waals surface area (Å²) in [6.45, 7) is 4.48. The summed E-state index contributed by atoms with van der Waals surface area (Å²) in [7, 11) is 0. The topological polar surface area (TPSA) is 75.4 Å². The zero-order valence-corrected chi connectivity index (χ0v) is 13.6. The fourth-order valence-electron chi connectivity index (χ4n) is 1.95. The minimum Gasteiger partial charge on any atom is -0.504 e. The molecule has 0 fully saturated rings. The lowest BCUT2D eigenvalue weighted by atomic mass is 10.2. The fourth-order valence-corrected chi connectivity index (χ4v) is 2.14. The van der Waals surface area contributed by atoms with Crippen LogP contribution in [0.25, 0.3) is 0 Å². The van der Waals surface area contributed by atoms with Crippen molar-refractivity contribution in [3.63, 3.8) is 0 Å². The number of H-pyrrole nitrogens is 1. The van der Waals surface area contributed by atoms with Gasteiger partial charge in [0.15, 0.2) is 17.3 Å². The summed E-state index contributed by atoms with van der Waals surface area (Å²) in [5.41, 5.74) is 0.811. The van der Waals surface area contributed by atoms with Crippen LogP contribution in [0.4, 0.5) is 0 Å². The largest absolute Gasteiger partial charge is 0.504 e. The first-order valence-electron chi connectivity index (χ1n) is 7.32. The Hall–Kier alpha value is -2.15. The van der Waals surface area contributed by atoms with Crippen LogP contribution in [0.3, 0.4) is 0 Å². The van der Waals surface area contributed by atoms with Crippen molar-refractivity contribution in [2.24, 2.45) is 5.10 Å². The van der Waals surface area contributed by atoms with Crippen LogP contribution < -0.4 is 4.74 Å². The first-order valence-corrected chi connectivity index (χ1v) is 7.73. The Morgan fingerprint density at radius 1 is 1.45 bits per heavy atom. The van der Waals surface area contributed by atoms with E-state index in [1.807, 2.05) is 6.92 Å². The number of ether oxygens (including phenoxy) is 1. The molecule has 0 saturated carbocycles. The molecule has 0 aliphatic carbocycles. The van der Waals surface area contributed by atoms with E-state index in [0.717, 1.165) is 30.7 Å². The number of aryl methyl sites for hydroxylation is 1. The van der Waals surface area contributed by atoms with Gasteiger partial charge in [0.05, 0.1) is 12.8 Å². The van der Waals surface area contributed by atoms with Gasteiger partial charge in [0.1, 0.15) is 0 Å². The summed E-state index contributed by atoms with van der Waals surface area (Å²) in [6.07, 6.45) is 4.60. The van der Waals surface area contributed by atoms with Crippen molar-refractivity contribution in [3.05, 3.63) is 34.4 Å². The van der Waals surface area contributed by atoms with Crippen LogP contribution in [0, 0.1) is 4.77 Å². The normalized spacial score (nSPS) is 11.2. The Balaban J connectivity index is 2.23. The van der Waals surface area contributed by atoms with Gasteiger partial charge < -0.3 is 9.84 Å². The average Bonchev–Trinajstić information content (AvgIpc) is 2.86. The Bertz CT molecular complexity index is 706. The molecule has 0 atom stereocenters. The Labute approximate surface area is 134 Å². The molecule has 2 aromatic rings. The van der Waals surface area contributed by atoms with Crippen LogP contribution in [0.2, 0.25) is 0 Å². The molecular formula is C15H20N4O2S. The van der Waals surface area contributed by atoms with Crippen LogP contribution in [-0.4, -0.2) is 32.8 Å². The van der Waals surface area contributed by atoms with Gasteiger partial charge in [0, 0.05) is 6.42 Å². The van der Waals surface area contributed by atoms with Gasteiger partial charge in [-0.05, 0) is 49.3 Å². The number of aromatic amines is 1. The van der Waals surface area contributed by atoms with Gasteiger partial charge in [-0.1, -0.05) is 13.3 Å². The second-order valence-electron chi connectivity index (χ2n) is 4.77. The number of phenolic OH excluding ortho intramolecular Hbond substituents is 1. The highest BCUT2D eigenvalue weighted by Gasteiger charge is 2.05. The van der Waals surface area contributed by atoms with E-state index in [4.69, 9.17) is 17.0 Å². The van der Waals surface area contributed by atoms with E-state index in [1.54, 1.807) is 29.1 Å². The third-order valence-electron chi connectivity index (χ3n) is 3.08. The maximum atomic E-state index is 9.70. The predicted molar refractivity (Wildman–Crippen MR) is 88.3 cm³/mol. The average molecular weight is 320 g/mol. The van der Waals surface area contributed by atoms with Gasteiger partial charge in [-0.15, -0.1) is 0 Å². The number of phenols is 1. The number of nitrogens with zero attached hydrogens (tertiary/aromatic N) is 3. The summed E-state index contributed by atoms with van der Waals surface area (Å²) >= 11 is 5.19. The van der Waals surface area contributed by atoms with E-state index in [1.165, 1.54) is 0 Å². The summed E-state index contributed by atoms with van der Waals surface area (Å²) in [4.78, 5) is 0. The summed E-state index contributed by atoms with van der Waals surface area (Å²) < 4.78 is 7.44. The first kappa shape index (κ1) is 16.2. The molecule has 1 aromatic heterocycles. The molecule has 0 aliphatic rings. The van der Waals surface area contributed by atoms with Gasteiger partial charge in [0.25, 0.3) is 0 Å². The van der Waals surface area contributed by atoms with E-state index in [-0.39, 0.29) is 5.75 Å². The molecule has 0 amide bonds. The Morgan fingerprint density at radius 2 is 2.27 bits per heavy atom. The maximum absolute atomic E-state index is 9.70. The molecule has 0 bridgehead atoms. The van der Waals surface area contributed by atoms with E-state index in [2.05, 4.69) is 22.2 Å². The summed E-state index contributed by atoms with van der Waals surface area (Å²) in [5.74, 6) is 1.36. The van der Waals surface area contributed by atoms with Crippen LogP contribution in [0.1, 0.15) is 38.1 Å². The summed E-state index contributed by atoms with van der Waals surface area (Å²) in [5, 5.41) is 21.0. The number of unbranched alkanes of at least 4 members (excludes halogenated alkanes) is 1. The monoisotopic (exact) mass is 320 g/mol.